The normalized spacial score (nSPS) is 18.0. The lowest BCUT2D eigenvalue weighted by atomic mass is 9.90. The summed E-state index contributed by atoms with van der Waals surface area (Å²) in [6.45, 7) is -0.493. The molecule has 37 heavy (non-hydrogen) atoms. The maximum atomic E-state index is 12.8. The first kappa shape index (κ1) is 27.8. The first-order valence-corrected chi connectivity index (χ1v) is 11.2. The van der Waals surface area contributed by atoms with Crippen LogP contribution >= 0.6 is 0 Å². The summed E-state index contributed by atoms with van der Waals surface area (Å²) in [5, 5.41) is 7.74. The van der Waals surface area contributed by atoms with Crippen LogP contribution in [0, 0.1) is 0 Å². The monoisotopic (exact) mass is 531 g/mol. The highest BCUT2D eigenvalue weighted by Crippen LogP contribution is 2.29. The van der Waals surface area contributed by atoms with E-state index >= 15 is 0 Å². The molecule has 3 N–H and O–H groups in total. The number of halogens is 6. The molecule has 2 aromatic carbocycles. The summed E-state index contributed by atoms with van der Waals surface area (Å²) in [5.41, 5.74) is -1.15. The molecule has 1 fully saturated rings. The van der Waals surface area contributed by atoms with Crippen molar-refractivity contribution in [2.24, 2.45) is 0 Å². The summed E-state index contributed by atoms with van der Waals surface area (Å²) >= 11 is 0. The molecule has 0 bridgehead atoms. The van der Waals surface area contributed by atoms with Gasteiger partial charge in [-0.05, 0) is 55.3 Å². The smallest absolute Gasteiger partial charge is 0.406 e. The molecule has 1 aliphatic rings. The van der Waals surface area contributed by atoms with Gasteiger partial charge >= 0.3 is 12.5 Å². The molecule has 2 unspecified atom stereocenters. The summed E-state index contributed by atoms with van der Waals surface area (Å²) in [4.78, 5) is 37.2. The van der Waals surface area contributed by atoms with Gasteiger partial charge in [0.05, 0.1) is 12.1 Å². The number of carbonyl (C=O) groups excluding carboxylic acids is 3. The van der Waals surface area contributed by atoms with Crippen LogP contribution < -0.4 is 20.7 Å². The first-order valence-electron chi connectivity index (χ1n) is 11.2. The summed E-state index contributed by atoms with van der Waals surface area (Å²) < 4.78 is 79.2. The minimum absolute atomic E-state index is 0.0959. The zero-order chi connectivity index (χ0) is 27.2. The number of nitrogens with one attached hydrogen (secondary N) is 3. The second kappa shape index (κ2) is 11.5. The maximum Gasteiger partial charge on any atom is 0.573 e. The summed E-state index contributed by atoms with van der Waals surface area (Å²) in [6.07, 6.45) is -6.89. The summed E-state index contributed by atoms with van der Waals surface area (Å²) in [6, 6.07) is 7.20. The van der Waals surface area contributed by atoms with Gasteiger partial charge in [-0.1, -0.05) is 18.9 Å². The zero-order valence-corrected chi connectivity index (χ0v) is 19.2. The van der Waals surface area contributed by atoms with E-state index in [2.05, 4.69) is 20.7 Å². The third-order valence-electron chi connectivity index (χ3n) is 5.64. The molecule has 0 radical (unpaired) electrons. The maximum absolute atomic E-state index is 12.8. The van der Waals surface area contributed by atoms with E-state index in [1.54, 1.807) is 0 Å². The Balaban J connectivity index is 1.54. The number of benzene rings is 2. The van der Waals surface area contributed by atoms with Crippen LogP contribution in [0.3, 0.4) is 0 Å². The Bertz CT molecular complexity index is 1120. The summed E-state index contributed by atoms with van der Waals surface area (Å²) in [7, 11) is 0. The number of hydrogen-bond donors (Lipinski definition) is 3. The van der Waals surface area contributed by atoms with Crippen molar-refractivity contribution in [3.05, 3.63) is 65.2 Å². The van der Waals surface area contributed by atoms with E-state index < -0.39 is 60.2 Å². The van der Waals surface area contributed by atoms with Crippen molar-refractivity contribution in [2.75, 3.05) is 6.54 Å². The van der Waals surface area contributed by atoms with Gasteiger partial charge in [0.15, 0.2) is 0 Å². The van der Waals surface area contributed by atoms with Gasteiger partial charge in [0.1, 0.15) is 5.75 Å². The average Bonchev–Trinajstić information content (AvgIpc) is 2.82. The Morgan fingerprint density at radius 1 is 0.811 bits per heavy atom. The highest BCUT2D eigenvalue weighted by Gasteiger charge is 2.32. The number of amides is 3. The van der Waals surface area contributed by atoms with Gasteiger partial charge < -0.3 is 20.7 Å². The molecule has 0 aliphatic heterocycles. The minimum Gasteiger partial charge on any atom is -0.406 e. The predicted molar refractivity (Wildman–Crippen MR) is 119 cm³/mol. The zero-order valence-electron chi connectivity index (χ0n) is 19.2. The van der Waals surface area contributed by atoms with Crippen LogP contribution in [0.2, 0.25) is 0 Å². The molecule has 0 heterocycles. The average molecular weight is 531 g/mol. The van der Waals surface area contributed by atoms with Gasteiger partial charge in [0.2, 0.25) is 5.91 Å². The topological polar surface area (TPSA) is 96.5 Å². The molecule has 2 aromatic rings. The number of alkyl halides is 6. The third-order valence-corrected chi connectivity index (χ3v) is 5.64. The lowest BCUT2D eigenvalue weighted by molar-refractivity contribution is -0.274. The Morgan fingerprint density at radius 3 is 2.03 bits per heavy atom. The minimum atomic E-state index is -4.86. The molecule has 0 saturated heterocycles. The lowest BCUT2D eigenvalue weighted by Crippen LogP contribution is -2.54. The second-order valence-corrected chi connectivity index (χ2v) is 8.37. The van der Waals surface area contributed by atoms with Crippen molar-refractivity contribution < 1.29 is 45.5 Å². The highest BCUT2D eigenvalue weighted by atomic mass is 19.4. The van der Waals surface area contributed by atoms with Crippen LogP contribution in [0.5, 0.6) is 5.75 Å². The molecule has 1 aliphatic carbocycles. The largest absolute Gasteiger partial charge is 0.573 e. The van der Waals surface area contributed by atoms with Gasteiger partial charge in [-0.15, -0.1) is 13.2 Å². The highest BCUT2D eigenvalue weighted by molar-refractivity contribution is 5.97. The second-order valence-electron chi connectivity index (χ2n) is 8.37. The third kappa shape index (κ3) is 8.40. The fraction of sp³-hybridized carbons (Fsp3) is 0.375. The van der Waals surface area contributed by atoms with Gasteiger partial charge in [0, 0.05) is 23.2 Å². The predicted octanol–water partition coefficient (Wildman–Crippen LogP) is 4.19. The van der Waals surface area contributed by atoms with E-state index in [0.717, 1.165) is 37.1 Å². The van der Waals surface area contributed by atoms with Crippen molar-refractivity contribution in [3.8, 4) is 5.75 Å². The Labute approximate surface area is 207 Å². The number of hydrogen-bond acceptors (Lipinski definition) is 4. The molecule has 0 aromatic heterocycles. The number of rotatable bonds is 7. The van der Waals surface area contributed by atoms with Crippen LogP contribution in [-0.4, -0.2) is 42.7 Å². The number of ether oxygens (including phenoxy) is 1. The van der Waals surface area contributed by atoms with Crippen molar-refractivity contribution in [2.45, 2.75) is 50.3 Å². The molecule has 0 spiro atoms. The van der Waals surface area contributed by atoms with E-state index in [-0.39, 0.29) is 11.1 Å². The molecule has 3 rings (SSSR count). The Kier molecular flexibility index (Phi) is 8.66. The van der Waals surface area contributed by atoms with E-state index in [4.69, 9.17) is 0 Å². The molecule has 1 saturated carbocycles. The first-order chi connectivity index (χ1) is 17.3. The molecule has 200 valence electrons. The van der Waals surface area contributed by atoms with E-state index in [9.17, 15) is 40.7 Å². The van der Waals surface area contributed by atoms with Crippen LogP contribution in [0.1, 0.15) is 52.0 Å². The molecular weight excluding hydrogens is 508 g/mol. The summed E-state index contributed by atoms with van der Waals surface area (Å²) in [5.74, 6) is -2.48. The standard InChI is InChI=1S/C24H23F6N3O4/c25-23(26,27)16-5-3-4-15(12-16)21(35)31-13-20(34)32-18-6-1-2-7-19(18)33-22(36)14-8-10-17(11-9-14)37-24(28,29)30/h3-5,8-12,18-19H,1-2,6-7,13H2,(H,31,35)(H,32,34)(H,33,36). The van der Waals surface area contributed by atoms with E-state index in [1.807, 2.05) is 0 Å². The fourth-order valence-electron chi connectivity index (χ4n) is 3.89. The Hall–Kier alpha value is -3.77. The van der Waals surface area contributed by atoms with Crippen LogP contribution in [0.25, 0.3) is 0 Å². The molecule has 2 atom stereocenters. The molecule has 7 nitrogen and oxygen atoms in total. The quantitative estimate of drug-likeness (QED) is 0.467. The van der Waals surface area contributed by atoms with Gasteiger partial charge in [-0.2, -0.15) is 13.2 Å². The van der Waals surface area contributed by atoms with Crippen molar-refractivity contribution in [3.63, 3.8) is 0 Å². The Morgan fingerprint density at radius 2 is 1.43 bits per heavy atom. The molecule has 13 heteroatoms. The van der Waals surface area contributed by atoms with Gasteiger partial charge in [-0.25, -0.2) is 0 Å². The van der Waals surface area contributed by atoms with Gasteiger partial charge in [-0.3, -0.25) is 14.4 Å². The van der Waals surface area contributed by atoms with Gasteiger partial charge in [0.25, 0.3) is 11.8 Å². The van der Waals surface area contributed by atoms with Crippen LogP contribution in [0.15, 0.2) is 48.5 Å². The van der Waals surface area contributed by atoms with Crippen molar-refractivity contribution in [1.29, 1.82) is 0 Å². The van der Waals surface area contributed by atoms with Crippen molar-refractivity contribution in [1.82, 2.24) is 16.0 Å². The van der Waals surface area contributed by atoms with Crippen LogP contribution in [-0.2, 0) is 11.0 Å². The van der Waals surface area contributed by atoms with E-state index in [1.165, 1.54) is 18.2 Å². The number of carbonyl (C=O) groups is 3. The van der Waals surface area contributed by atoms with Crippen LogP contribution in [0.4, 0.5) is 26.3 Å². The van der Waals surface area contributed by atoms with E-state index in [0.29, 0.717) is 18.9 Å². The fourth-order valence-corrected chi connectivity index (χ4v) is 3.89. The van der Waals surface area contributed by atoms with Crippen molar-refractivity contribution >= 4 is 17.7 Å². The SMILES string of the molecule is O=C(CNC(=O)c1cccc(C(F)(F)F)c1)NC1CCCCC1NC(=O)c1ccc(OC(F)(F)F)cc1. The molecule has 3 amide bonds. The lowest BCUT2D eigenvalue weighted by Gasteiger charge is -2.33. The molecular formula is C24H23F6N3O4.